The molecule has 1 N–H and O–H groups in total. The first-order valence-electron chi connectivity index (χ1n) is 4.88. The Bertz CT molecular complexity index is 559. The Labute approximate surface area is 102 Å². The molecule has 80 valence electrons. The number of aliphatic hydroxyl groups is 1. The number of pyridine rings is 1. The van der Waals surface area contributed by atoms with Crippen molar-refractivity contribution in [1.82, 2.24) is 4.98 Å². The van der Waals surface area contributed by atoms with Gasteiger partial charge in [0.25, 0.3) is 0 Å². The Morgan fingerprint density at radius 2 is 2.25 bits per heavy atom. The second kappa shape index (κ2) is 4.65. The second-order valence-corrected chi connectivity index (χ2v) is 4.31. The summed E-state index contributed by atoms with van der Waals surface area (Å²) in [6, 6.07) is 7.57. The highest BCUT2D eigenvalue weighted by atomic mass is 79.9. The Balaban J connectivity index is 2.63. The van der Waals surface area contributed by atoms with Crippen LogP contribution in [0.25, 0.3) is 10.9 Å². The van der Waals surface area contributed by atoms with E-state index >= 15 is 0 Å². The van der Waals surface area contributed by atoms with Gasteiger partial charge in [0.15, 0.2) is 0 Å². The SMILES string of the molecule is C#CCC(O)c1ccc(Br)c2cccnc12. The molecule has 16 heavy (non-hydrogen) atoms. The Morgan fingerprint density at radius 3 is 3.00 bits per heavy atom. The van der Waals surface area contributed by atoms with Gasteiger partial charge < -0.3 is 5.11 Å². The van der Waals surface area contributed by atoms with E-state index in [1.807, 2.05) is 24.3 Å². The molecule has 2 nitrogen and oxygen atoms in total. The lowest BCUT2D eigenvalue weighted by molar-refractivity contribution is 0.185. The molecule has 2 rings (SSSR count). The largest absolute Gasteiger partial charge is 0.387 e. The molecule has 3 heteroatoms. The average molecular weight is 276 g/mol. The van der Waals surface area contributed by atoms with Crippen molar-refractivity contribution < 1.29 is 5.11 Å². The van der Waals surface area contributed by atoms with Gasteiger partial charge in [-0.1, -0.05) is 28.1 Å². The standard InChI is InChI=1S/C13H10BrNO/c1-2-4-12(16)10-6-7-11(14)9-5-3-8-15-13(9)10/h1,3,5-8,12,16H,4H2. The van der Waals surface area contributed by atoms with Gasteiger partial charge in [0.2, 0.25) is 0 Å². The molecule has 1 atom stereocenters. The fourth-order valence-electron chi connectivity index (χ4n) is 1.65. The molecule has 0 radical (unpaired) electrons. The van der Waals surface area contributed by atoms with E-state index < -0.39 is 6.10 Å². The minimum absolute atomic E-state index is 0.299. The summed E-state index contributed by atoms with van der Waals surface area (Å²) in [4.78, 5) is 4.29. The van der Waals surface area contributed by atoms with Crippen molar-refractivity contribution in [1.29, 1.82) is 0 Å². The number of hydrogen-bond donors (Lipinski definition) is 1. The number of benzene rings is 1. The van der Waals surface area contributed by atoms with Gasteiger partial charge >= 0.3 is 0 Å². The number of terminal acetylenes is 1. The fraction of sp³-hybridized carbons (Fsp3) is 0.154. The zero-order valence-corrected chi connectivity index (χ0v) is 10.1. The molecule has 1 aromatic carbocycles. The molecule has 0 spiro atoms. The maximum atomic E-state index is 9.91. The lowest BCUT2D eigenvalue weighted by atomic mass is 10.0. The van der Waals surface area contributed by atoms with E-state index in [4.69, 9.17) is 6.42 Å². The molecule has 0 aliphatic rings. The van der Waals surface area contributed by atoms with Gasteiger partial charge in [-0.05, 0) is 12.1 Å². The van der Waals surface area contributed by atoms with Crippen LogP contribution in [0.3, 0.4) is 0 Å². The summed E-state index contributed by atoms with van der Waals surface area (Å²) in [5.74, 6) is 2.46. The van der Waals surface area contributed by atoms with Crippen LogP contribution in [-0.2, 0) is 0 Å². The summed E-state index contributed by atoms with van der Waals surface area (Å²) in [6.07, 6.45) is 6.55. The zero-order chi connectivity index (χ0) is 11.5. The van der Waals surface area contributed by atoms with Crippen LogP contribution < -0.4 is 0 Å². The summed E-state index contributed by atoms with van der Waals surface area (Å²) < 4.78 is 0.965. The molecule has 1 aromatic heterocycles. The number of hydrogen-bond acceptors (Lipinski definition) is 2. The molecule has 0 aliphatic carbocycles. The summed E-state index contributed by atoms with van der Waals surface area (Å²) in [6.45, 7) is 0. The number of nitrogens with zero attached hydrogens (tertiary/aromatic N) is 1. The molecule has 0 aliphatic heterocycles. The number of rotatable bonds is 2. The van der Waals surface area contributed by atoms with Gasteiger partial charge in [0.1, 0.15) is 0 Å². The minimum atomic E-state index is -0.657. The normalized spacial score (nSPS) is 12.3. The molecular weight excluding hydrogens is 266 g/mol. The molecular formula is C13H10BrNO. The fourth-order valence-corrected chi connectivity index (χ4v) is 2.10. The Morgan fingerprint density at radius 1 is 1.44 bits per heavy atom. The first-order chi connectivity index (χ1) is 7.74. The van der Waals surface area contributed by atoms with Gasteiger partial charge in [0, 0.05) is 28.0 Å². The third-order valence-corrected chi connectivity index (χ3v) is 3.11. The first-order valence-corrected chi connectivity index (χ1v) is 5.68. The predicted molar refractivity (Wildman–Crippen MR) is 67.9 cm³/mol. The molecule has 1 unspecified atom stereocenters. The summed E-state index contributed by atoms with van der Waals surface area (Å²) in [5.41, 5.74) is 1.57. The third kappa shape index (κ3) is 1.95. The monoisotopic (exact) mass is 275 g/mol. The molecule has 0 amide bonds. The van der Waals surface area contributed by atoms with E-state index in [0.717, 1.165) is 20.9 Å². The van der Waals surface area contributed by atoms with Gasteiger partial charge in [-0.2, -0.15) is 0 Å². The maximum absolute atomic E-state index is 9.91. The lowest BCUT2D eigenvalue weighted by Crippen LogP contribution is -1.98. The summed E-state index contributed by atoms with van der Waals surface area (Å²) in [5, 5.41) is 10.9. The summed E-state index contributed by atoms with van der Waals surface area (Å²) in [7, 11) is 0. The van der Waals surface area contributed by atoms with Crippen molar-refractivity contribution in [2.45, 2.75) is 12.5 Å². The lowest BCUT2D eigenvalue weighted by Gasteiger charge is -2.11. The summed E-state index contributed by atoms with van der Waals surface area (Å²) >= 11 is 3.46. The van der Waals surface area contributed by atoms with Crippen LogP contribution >= 0.6 is 15.9 Å². The van der Waals surface area contributed by atoms with Crippen molar-refractivity contribution in [2.24, 2.45) is 0 Å². The smallest absolute Gasteiger partial charge is 0.0920 e. The number of fused-ring (bicyclic) bond motifs is 1. The molecule has 0 saturated heterocycles. The third-order valence-electron chi connectivity index (χ3n) is 2.42. The van der Waals surface area contributed by atoms with Crippen LogP contribution in [0, 0.1) is 12.3 Å². The first kappa shape index (κ1) is 11.1. The topological polar surface area (TPSA) is 33.1 Å². The number of aliphatic hydroxyl groups excluding tert-OH is 1. The minimum Gasteiger partial charge on any atom is -0.387 e. The number of aromatic nitrogens is 1. The van der Waals surface area contributed by atoms with E-state index in [2.05, 4.69) is 26.8 Å². The van der Waals surface area contributed by atoms with E-state index in [-0.39, 0.29) is 0 Å². The van der Waals surface area contributed by atoms with Crippen molar-refractivity contribution in [3.05, 3.63) is 40.5 Å². The molecule has 0 bridgehead atoms. The van der Waals surface area contributed by atoms with Crippen LogP contribution in [0.2, 0.25) is 0 Å². The predicted octanol–water partition coefficient (Wildman–Crippen LogP) is 3.05. The quantitative estimate of drug-likeness (QED) is 0.855. The maximum Gasteiger partial charge on any atom is 0.0920 e. The molecule has 1 heterocycles. The van der Waals surface area contributed by atoms with Gasteiger partial charge in [0.05, 0.1) is 11.6 Å². The molecule has 0 saturated carbocycles. The van der Waals surface area contributed by atoms with Crippen LogP contribution in [0.15, 0.2) is 34.9 Å². The highest BCUT2D eigenvalue weighted by Crippen LogP contribution is 2.29. The van der Waals surface area contributed by atoms with Crippen molar-refractivity contribution >= 4 is 26.8 Å². The Hall–Kier alpha value is -1.37. The average Bonchev–Trinajstić information content (AvgIpc) is 2.30. The number of halogens is 1. The van der Waals surface area contributed by atoms with Crippen LogP contribution in [0.4, 0.5) is 0 Å². The molecule has 2 aromatic rings. The van der Waals surface area contributed by atoms with Gasteiger partial charge in [-0.25, -0.2) is 0 Å². The van der Waals surface area contributed by atoms with Gasteiger partial charge in [-0.3, -0.25) is 4.98 Å². The van der Waals surface area contributed by atoms with Crippen LogP contribution in [0.5, 0.6) is 0 Å². The van der Waals surface area contributed by atoms with Crippen LogP contribution in [0.1, 0.15) is 18.1 Å². The van der Waals surface area contributed by atoms with Crippen molar-refractivity contribution in [2.75, 3.05) is 0 Å². The van der Waals surface area contributed by atoms with Crippen molar-refractivity contribution in [3.8, 4) is 12.3 Å². The zero-order valence-electron chi connectivity index (χ0n) is 8.52. The van der Waals surface area contributed by atoms with Crippen LogP contribution in [-0.4, -0.2) is 10.1 Å². The van der Waals surface area contributed by atoms with E-state index in [0.29, 0.717) is 6.42 Å². The van der Waals surface area contributed by atoms with E-state index in [1.165, 1.54) is 0 Å². The Kier molecular flexibility index (Phi) is 3.23. The van der Waals surface area contributed by atoms with E-state index in [1.54, 1.807) is 6.20 Å². The molecule has 0 fully saturated rings. The highest BCUT2D eigenvalue weighted by Gasteiger charge is 2.12. The highest BCUT2D eigenvalue weighted by molar-refractivity contribution is 9.10. The second-order valence-electron chi connectivity index (χ2n) is 3.46. The van der Waals surface area contributed by atoms with Crippen molar-refractivity contribution in [3.63, 3.8) is 0 Å². The van der Waals surface area contributed by atoms with Gasteiger partial charge in [-0.15, -0.1) is 12.3 Å². The van der Waals surface area contributed by atoms with E-state index in [9.17, 15) is 5.11 Å².